The van der Waals surface area contributed by atoms with Gasteiger partial charge in [-0.25, -0.2) is 4.39 Å². The average molecular weight is 290 g/mol. The lowest BCUT2D eigenvalue weighted by Gasteiger charge is -2.14. The van der Waals surface area contributed by atoms with Gasteiger partial charge >= 0.3 is 5.97 Å². The molecule has 0 bridgehead atoms. The summed E-state index contributed by atoms with van der Waals surface area (Å²) >= 11 is 3.06. The second-order valence-electron chi connectivity index (χ2n) is 3.18. The number of halogens is 2. The van der Waals surface area contributed by atoms with Gasteiger partial charge in [0, 0.05) is 11.5 Å². The van der Waals surface area contributed by atoms with E-state index in [9.17, 15) is 14.0 Å². The molecule has 0 spiro atoms. The van der Waals surface area contributed by atoms with E-state index in [1.165, 1.54) is 19.2 Å². The molecule has 1 aromatic carbocycles. The van der Waals surface area contributed by atoms with Crippen molar-refractivity contribution in [1.29, 1.82) is 0 Å². The molecule has 0 fully saturated rings. The molecule has 0 saturated heterocycles. The Kier molecular flexibility index (Phi) is 4.00. The summed E-state index contributed by atoms with van der Waals surface area (Å²) in [6.45, 7) is -0.464. The van der Waals surface area contributed by atoms with Crippen LogP contribution >= 0.6 is 15.9 Å². The number of aliphatic carboxylic acids is 1. The topological polar surface area (TPSA) is 57.6 Å². The molecule has 0 heterocycles. The monoisotopic (exact) mass is 289 g/mol. The molecule has 0 aromatic heterocycles. The zero-order valence-electron chi connectivity index (χ0n) is 8.41. The van der Waals surface area contributed by atoms with E-state index in [0.29, 0.717) is 4.47 Å². The first kappa shape index (κ1) is 12.6. The van der Waals surface area contributed by atoms with Crippen LogP contribution < -0.4 is 0 Å². The zero-order chi connectivity index (χ0) is 12.3. The Balaban J connectivity index is 2.92. The SMILES string of the molecule is CN(CC(=O)O)C(=O)c1ccc(Br)cc1F. The van der Waals surface area contributed by atoms with Gasteiger partial charge in [0.25, 0.3) is 5.91 Å². The number of carbonyl (C=O) groups is 2. The highest BCUT2D eigenvalue weighted by Crippen LogP contribution is 2.16. The van der Waals surface area contributed by atoms with Crippen molar-refractivity contribution in [3.8, 4) is 0 Å². The van der Waals surface area contributed by atoms with Crippen molar-refractivity contribution in [3.05, 3.63) is 34.1 Å². The molecular weight excluding hydrogens is 281 g/mol. The molecule has 0 aliphatic carbocycles. The molecule has 0 radical (unpaired) electrons. The molecule has 6 heteroatoms. The van der Waals surface area contributed by atoms with Crippen LogP contribution in [0.2, 0.25) is 0 Å². The molecule has 0 saturated carbocycles. The smallest absolute Gasteiger partial charge is 0.323 e. The van der Waals surface area contributed by atoms with Crippen molar-refractivity contribution in [1.82, 2.24) is 4.90 Å². The predicted molar refractivity (Wildman–Crippen MR) is 58.7 cm³/mol. The molecule has 16 heavy (non-hydrogen) atoms. The van der Waals surface area contributed by atoms with E-state index in [4.69, 9.17) is 5.11 Å². The Hall–Kier alpha value is -1.43. The van der Waals surface area contributed by atoms with Gasteiger partial charge in [-0.1, -0.05) is 15.9 Å². The number of nitrogens with zero attached hydrogens (tertiary/aromatic N) is 1. The number of likely N-dealkylation sites (N-methyl/N-ethyl adjacent to an activating group) is 1. The molecule has 0 unspecified atom stereocenters. The lowest BCUT2D eigenvalue weighted by Crippen LogP contribution is -2.32. The molecule has 86 valence electrons. The maximum absolute atomic E-state index is 13.4. The molecule has 0 atom stereocenters. The zero-order valence-corrected chi connectivity index (χ0v) is 9.99. The Labute approximate surface area is 99.8 Å². The second kappa shape index (κ2) is 5.07. The van der Waals surface area contributed by atoms with E-state index in [-0.39, 0.29) is 5.56 Å². The van der Waals surface area contributed by atoms with Crippen molar-refractivity contribution in [2.24, 2.45) is 0 Å². The summed E-state index contributed by atoms with van der Waals surface area (Å²) in [4.78, 5) is 22.9. The first-order valence-corrected chi connectivity index (χ1v) is 5.13. The van der Waals surface area contributed by atoms with E-state index in [2.05, 4.69) is 15.9 Å². The van der Waals surface area contributed by atoms with E-state index in [1.54, 1.807) is 0 Å². The number of rotatable bonds is 3. The van der Waals surface area contributed by atoms with Gasteiger partial charge in [-0.15, -0.1) is 0 Å². The van der Waals surface area contributed by atoms with Gasteiger partial charge < -0.3 is 10.0 Å². The van der Waals surface area contributed by atoms with Crippen molar-refractivity contribution in [2.75, 3.05) is 13.6 Å². The van der Waals surface area contributed by atoms with Crippen LogP contribution in [0, 0.1) is 5.82 Å². The van der Waals surface area contributed by atoms with E-state index in [1.807, 2.05) is 0 Å². The van der Waals surface area contributed by atoms with Crippen LogP contribution in [-0.4, -0.2) is 35.5 Å². The summed E-state index contributed by atoms with van der Waals surface area (Å²) < 4.78 is 13.9. The number of carbonyl (C=O) groups excluding carboxylic acids is 1. The molecular formula is C10H9BrFNO3. The van der Waals surface area contributed by atoms with Crippen molar-refractivity contribution in [2.45, 2.75) is 0 Å². The second-order valence-corrected chi connectivity index (χ2v) is 4.09. The van der Waals surface area contributed by atoms with Gasteiger partial charge in [-0.2, -0.15) is 0 Å². The maximum atomic E-state index is 13.4. The minimum atomic E-state index is -1.15. The fourth-order valence-electron chi connectivity index (χ4n) is 1.14. The van der Waals surface area contributed by atoms with Gasteiger partial charge in [-0.05, 0) is 18.2 Å². The standard InChI is InChI=1S/C10H9BrFNO3/c1-13(5-9(14)15)10(16)7-3-2-6(11)4-8(7)12/h2-4H,5H2,1H3,(H,14,15). The van der Waals surface area contributed by atoms with Crippen LogP contribution in [0.4, 0.5) is 4.39 Å². The number of benzene rings is 1. The third kappa shape index (κ3) is 3.03. The minimum Gasteiger partial charge on any atom is -0.480 e. The Bertz CT molecular complexity index is 436. The normalized spacial score (nSPS) is 9.94. The van der Waals surface area contributed by atoms with Gasteiger partial charge in [-0.3, -0.25) is 9.59 Å². The van der Waals surface area contributed by atoms with Gasteiger partial charge in [0.2, 0.25) is 0 Å². The number of carboxylic acid groups (broad SMARTS) is 1. The van der Waals surface area contributed by atoms with E-state index >= 15 is 0 Å². The third-order valence-electron chi connectivity index (χ3n) is 1.88. The van der Waals surface area contributed by atoms with Crippen LogP contribution in [0.1, 0.15) is 10.4 Å². The molecule has 1 aromatic rings. The fraction of sp³-hybridized carbons (Fsp3) is 0.200. The Morgan fingerprint density at radius 2 is 2.12 bits per heavy atom. The number of hydrogen-bond donors (Lipinski definition) is 1. The summed E-state index contributed by atoms with van der Waals surface area (Å²) in [5.41, 5.74) is -0.146. The van der Waals surface area contributed by atoms with E-state index in [0.717, 1.165) is 11.0 Å². The first-order chi connectivity index (χ1) is 7.41. The molecule has 1 amide bonds. The minimum absolute atomic E-state index is 0.146. The number of hydrogen-bond acceptors (Lipinski definition) is 2. The third-order valence-corrected chi connectivity index (χ3v) is 2.37. The van der Waals surface area contributed by atoms with Crippen LogP contribution in [0.5, 0.6) is 0 Å². The highest BCUT2D eigenvalue weighted by Gasteiger charge is 2.17. The van der Waals surface area contributed by atoms with Crippen LogP contribution in [0.25, 0.3) is 0 Å². The van der Waals surface area contributed by atoms with Crippen LogP contribution in [0.3, 0.4) is 0 Å². The highest BCUT2D eigenvalue weighted by atomic mass is 79.9. The lowest BCUT2D eigenvalue weighted by atomic mass is 10.2. The quantitative estimate of drug-likeness (QED) is 0.922. The average Bonchev–Trinajstić information content (AvgIpc) is 2.15. The summed E-state index contributed by atoms with van der Waals surface area (Å²) in [7, 11) is 1.30. The summed E-state index contributed by atoms with van der Waals surface area (Å²) in [6, 6.07) is 3.98. The Morgan fingerprint density at radius 1 is 1.50 bits per heavy atom. The summed E-state index contributed by atoms with van der Waals surface area (Å²) in [6.07, 6.45) is 0. The van der Waals surface area contributed by atoms with Gasteiger partial charge in [0.1, 0.15) is 12.4 Å². The maximum Gasteiger partial charge on any atom is 0.323 e. The van der Waals surface area contributed by atoms with Crippen molar-refractivity contribution >= 4 is 27.8 Å². The van der Waals surface area contributed by atoms with Crippen LogP contribution in [0.15, 0.2) is 22.7 Å². The fourth-order valence-corrected chi connectivity index (χ4v) is 1.48. The Morgan fingerprint density at radius 3 is 2.62 bits per heavy atom. The van der Waals surface area contributed by atoms with Gasteiger partial charge in [0.15, 0.2) is 0 Å². The predicted octanol–water partition coefficient (Wildman–Crippen LogP) is 1.74. The van der Waals surface area contributed by atoms with E-state index < -0.39 is 24.2 Å². The molecule has 4 nitrogen and oxygen atoms in total. The first-order valence-electron chi connectivity index (χ1n) is 4.34. The van der Waals surface area contributed by atoms with Crippen molar-refractivity contribution < 1.29 is 19.1 Å². The van der Waals surface area contributed by atoms with Crippen LogP contribution in [-0.2, 0) is 4.79 Å². The summed E-state index contributed by atoms with van der Waals surface area (Å²) in [5, 5.41) is 8.50. The largest absolute Gasteiger partial charge is 0.480 e. The molecule has 0 aliphatic rings. The number of carboxylic acids is 1. The summed E-state index contributed by atoms with van der Waals surface area (Å²) in [5.74, 6) is -2.49. The lowest BCUT2D eigenvalue weighted by molar-refractivity contribution is -0.137. The van der Waals surface area contributed by atoms with Crippen molar-refractivity contribution in [3.63, 3.8) is 0 Å². The highest BCUT2D eigenvalue weighted by molar-refractivity contribution is 9.10. The molecule has 1 rings (SSSR count). The van der Waals surface area contributed by atoms with Gasteiger partial charge in [0.05, 0.1) is 5.56 Å². The number of amides is 1. The molecule has 0 aliphatic heterocycles. The molecule has 1 N–H and O–H groups in total.